The second kappa shape index (κ2) is 13.5. The Morgan fingerprint density at radius 1 is 1.11 bits per heavy atom. The summed E-state index contributed by atoms with van der Waals surface area (Å²) in [5.74, 6) is 2.25. The van der Waals surface area contributed by atoms with E-state index in [9.17, 15) is 4.79 Å². The highest BCUT2D eigenvalue weighted by Crippen LogP contribution is 2.28. The van der Waals surface area contributed by atoms with Crippen LogP contribution in [0.25, 0.3) is 11.3 Å². The molecule has 10 heteroatoms. The highest BCUT2D eigenvalue weighted by molar-refractivity contribution is 7.59. The van der Waals surface area contributed by atoms with E-state index in [1.54, 1.807) is 39.7 Å². The number of benzene rings is 1. The second-order valence-electron chi connectivity index (χ2n) is 7.93. The van der Waals surface area contributed by atoms with Crippen molar-refractivity contribution in [1.29, 1.82) is 0 Å². The van der Waals surface area contributed by atoms with Crippen molar-refractivity contribution >= 4 is 31.0 Å². The number of hydrogen-bond donors (Lipinski definition) is 2. The Hall–Kier alpha value is -3.37. The van der Waals surface area contributed by atoms with Gasteiger partial charge in [-0.2, -0.15) is 13.5 Å². The standard InChI is InChI=1S/C25H32N6O3.H2S/c1-17(20-8-6-18(25(32)26-2)12-22(20)34-5)14-27-23-13-21(29-16-30-23)19-7-9-24(28-15-19)31(3)10-11-33-4;/h6-9,12-13,15-17H,10-11,14H2,1-5H3,(H,26,32)(H,27,29,30);1H2/t17-;/m1./s1. The fourth-order valence-electron chi connectivity index (χ4n) is 3.49. The number of nitrogens with one attached hydrogen (secondary N) is 2. The molecule has 2 N–H and O–H groups in total. The number of ether oxygens (including phenoxy) is 2. The van der Waals surface area contributed by atoms with Crippen molar-refractivity contribution in [3.8, 4) is 17.0 Å². The number of hydrogen-bond acceptors (Lipinski definition) is 8. The monoisotopic (exact) mass is 498 g/mol. The van der Waals surface area contributed by atoms with E-state index in [1.165, 1.54) is 0 Å². The van der Waals surface area contributed by atoms with Gasteiger partial charge >= 0.3 is 0 Å². The third-order valence-corrected chi connectivity index (χ3v) is 5.58. The van der Waals surface area contributed by atoms with Gasteiger partial charge in [-0.1, -0.05) is 13.0 Å². The number of amides is 1. The molecule has 2 aromatic heterocycles. The van der Waals surface area contributed by atoms with Gasteiger partial charge < -0.3 is 25.0 Å². The topological polar surface area (TPSA) is 102 Å². The van der Waals surface area contributed by atoms with Gasteiger partial charge in [0.15, 0.2) is 0 Å². The van der Waals surface area contributed by atoms with Gasteiger partial charge in [0.25, 0.3) is 5.91 Å². The Labute approximate surface area is 213 Å². The highest BCUT2D eigenvalue weighted by atomic mass is 32.1. The van der Waals surface area contributed by atoms with Gasteiger partial charge in [-0.15, -0.1) is 0 Å². The van der Waals surface area contributed by atoms with Crippen LogP contribution in [0.2, 0.25) is 0 Å². The molecule has 0 spiro atoms. The largest absolute Gasteiger partial charge is 0.496 e. The van der Waals surface area contributed by atoms with E-state index >= 15 is 0 Å². The van der Waals surface area contributed by atoms with Crippen LogP contribution in [0, 0.1) is 0 Å². The van der Waals surface area contributed by atoms with Crippen LogP contribution in [0.15, 0.2) is 48.9 Å². The van der Waals surface area contributed by atoms with Crippen molar-refractivity contribution in [1.82, 2.24) is 20.3 Å². The van der Waals surface area contributed by atoms with Crippen molar-refractivity contribution in [2.24, 2.45) is 0 Å². The maximum absolute atomic E-state index is 11.9. The van der Waals surface area contributed by atoms with Crippen LogP contribution in [0.5, 0.6) is 5.75 Å². The molecule has 1 atom stereocenters. The molecule has 35 heavy (non-hydrogen) atoms. The average molecular weight is 499 g/mol. The number of likely N-dealkylation sites (N-methyl/N-ethyl adjacent to an activating group) is 1. The van der Waals surface area contributed by atoms with Crippen LogP contribution in [0.1, 0.15) is 28.8 Å². The number of methoxy groups -OCH3 is 2. The fraction of sp³-hybridized carbons (Fsp3) is 0.360. The molecular weight excluding hydrogens is 464 g/mol. The minimum Gasteiger partial charge on any atom is -0.496 e. The van der Waals surface area contributed by atoms with Gasteiger partial charge in [-0.25, -0.2) is 15.0 Å². The van der Waals surface area contributed by atoms with Crippen molar-refractivity contribution in [2.75, 3.05) is 58.2 Å². The minimum absolute atomic E-state index is 0. The normalized spacial score (nSPS) is 11.2. The maximum Gasteiger partial charge on any atom is 0.251 e. The summed E-state index contributed by atoms with van der Waals surface area (Å²) in [6.45, 7) is 4.13. The molecule has 9 nitrogen and oxygen atoms in total. The van der Waals surface area contributed by atoms with E-state index in [4.69, 9.17) is 9.47 Å². The number of pyridine rings is 1. The van der Waals surface area contributed by atoms with Crippen LogP contribution in [-0.2, 0) is 4.74 Å². The summed E-state index contributed by atoms with van der Waals surface area (Å²) in [7, 11) is 6.89. The first kappa shape index (κ1) is 27.9. The Morgan fingerprint density at radius 3 is 2.57 bits per heavy atom. The maximum atomic E-state index is 11.9. The first-order valence-electron chi connectivity index (χ1n) is 11.1. The highest BCUT2D eigenvalue weighted by Gasteiger charge is 2.15. The lowest BCUT2D eigenvalue weighted by molar-refractivity contribution is 0.0962. The first-order chi connectivity index (χ1) is 16.5. The van der Waals surface area contributed by atoms with Crippen LogP contribution in [0.4, 0.5) is 11.6 Å². The van der Waals surface area contributed by atoms with E-state index < -0.39 is 0 Å². The molecule has 0 unspecified atom stereocenters. The summed E-state index contributed by atoms with van der Waals surface area (Å²) in [4.78, 5) is 27.2. The predicted octanol–water partition coefficient (Wildman–Crippen LogP) is 3.32. The van der Waals surface area contributed by atoms with Crippen LogP contribution in [-0.4, -0.2) is 68.9 Å². The lowest BCUT2D eigenvalue weighted by atomic mass is 9.98. The first-order valence-corrected chi connectivity index (χ1v) is 11.1. The fourth-order valence-corrected chi connectivity index (χ4v) is 3.49. The zero-order chi connectivity index (χ0) is 24.5. The van der Waals surface area contributed by atoms with Gasteiger partial charge in [0.1, 0.15) is 23.7 Å². The lowest BCUT2D eigenvalue weighted by Gasteiger charge is -2.18. The summed E-state index contributed by atoms with van der Waals surface area (Å²) in [5.41, 5.74) is 3.27. The van der Waals surface area contributed by atoms with E-state index in [0.29, 0.717) is 24.5 Å². The zero-order valence-corrected chi connectivity index (χ0v) is 21.8. The van der Waals surface area contributed by atoms with Gasteiger partial charge in [0.05, 0.1) is 19.4 Å². The quantitative estimate of drug-likeness (QED) is 0.415. The van der Waals surface area contributed by atoms with Crippen LogP contribution >= 0.6 is 13.5 Å². The van der Waals surface area contributed by atoms with Crippen molar-refractivity contribution in [2.45, 2.75) is 12.8 Å². The summed E-state index contributed by atoms with van der Waals surface area (Å²) >= 11 is 0. The number of carbonyl (C=O) groups excluding carboxylic acids is 1. The van der Waals surface area contributed by atoms with E-state index in [-0.39, 0.29) is 25.3 Å². The third kappa shape index (κ3) is 7.30. The molecule has 1 amide bonds. The molecule has 0 radical (unpaired) electrons. The summed E-state index contributed by atoms with van der Waals surface area (Å²) in [6, 6.07) is 11.4. The summed E-state index contributed by atoms with van der Waals surface area (Å²) in [6.07, 6.45) is 3.35. The van der Waals surface area contributed by atoms with Gasteiger partial charge in [0.2, 0.25) is 0 Å². The molecule has 0 bridgehead atoms. The average Bonchev–Trinajstić information content (AvgIpc) is 2.89. The molecule has 0 saturated carbocycles. The molecule has 0 aliphatic rings. The molecule has 0 aliphatic carbocycles. The number of anilines is 2. The van der Waals surface area contributed by atoms with Crippen LogP contribution < -0.4 is 20.3 Å². The number of carbonyl (C=O) groups is 1. The van der Waals surface area contributed by atoms with Crippen molar-refractivity contribution < 1.29 is 14.3 Å². The molecule has 2 heterocycles. The van der Waals surface area contributed by atoms with E-state index in [2.05, 4.69) is 32.5 Å². The van der Waals surface area contributed by atoms with Crippen LogP contribution in [0.3, 0.4) is 0 Å². The molecule has 188 valence electrons. The molecular formula is C25H34N6O3S. The molecule has 0 fully saturated rings. The van der Waals surface area contributed by atoms with Gasteiger partial charge in [-0.3, -0.25) is 4.79 Å². The van der Waals surface area contributed by atoms with Gasteiger partial charge in [0, 0.05) is 63.6 Å². The predicted molar refractivity (Wildman–Crippen MR) is 144 cm³/mol. The number of nitrogens with zero attached hydrogens (tertiary/aromatic N) is 4. The summed E-state index contributed by atoms with van der Waals surface area (Å²) in [5, 5.41) is 6.01. The molecule has 0 aliphatic heterocycles. The Morgan fingerprint density at radius 2 is 1.91 bits per heavy atom. The molecule has 1 aromatic carbocycles. The third-order valence-electron chi connectivity index (χ3n) is 5.58. The molecule has 3 aromatic rings. The lowest BCUT2D eigenvalue weighted by Crippen LogP contribution is -2.22. The zero-order valence-electron chi connectivity index (χ0n) is 20.8. The van der Waals surface area contributed by atoms with Crippen molar-refractivity contribution in [3.05, 3.63) is 60.0 Å². The Bertz CT molecular complexity index is 1100. The smallest absolute Gasteiger partial charge is 0.251 e. The Kier molecular flexibility index (Phi) is 10.8. The summed E-state index contributed by atoms with van der Waals surface area (Å²) < 4.78 is 10.7. The minimum atomic E-state index is -0.145. The number of aromatic nitrogens is 3. The Balaban J connectivity index is 0.00000432. The second-order valence-corrected chi connectivity index (χ2v) is 7.93. The SMILES string of the molecule is CNC(=O)c1ccc([C@H](C)CNc2cc(-c3ccc(N(C)CCOC)nc3)ncn2)c(OC)c1.S. The van der Waals surface area contributed by atoms with E-state index in [0.717, 1.165) is 35.0 Å². The number of rotatable bonds is 11. The van der Waals surface area contributed by atoms with E-state index in [1.807, 2.05) is 42.4 Å². The van der Waals surface area contributed by atoms with Crippen molar-refractivity contribution in [3.63, 3.8) is 0 Å². The van der Waals surface area contributed by atoms with Gasteiger partial charge in [-0.05, 0) is 29.8 Å². The molecule has 3 rings (SSSR count). The molecule has 0 saturated heterocycles.